The molecule has 5 nitrogen and oxygen atoms in total. The average molecular weight is 405 g/mol. The van der Waals surface area contributed by atoms with E-state index >= 15 is 0 Å². The first kappa shape index (κ1) is 124. The van der Waals surface area contributed by atoms with Gasteiger partial charge < -0.3 is 27.4 Å². The summed E-state index contributed by atoms with van der Waals surface area (Å²) in [7, 11) is 0. The summed E-state index contributed by atoms with van der Waals surface area (Å²) in [5, 5.41) is 0. The summed E-state index contributed by atoms with van der Waals surface area (Å²) in [6, 6.07) is 0. The molecule has 0 spiro atoms. The van der Waals surface area contributed by atoms with Gasteiger partial charge in [-0.2, -0.15) is 0 Å². The minimum Gasteiger partial charge on any atom is -2.00 e. The van der Waals surface area contributed by atoms with E-state index in [4.69, 9.17) is 0 Å². The predicted octanol–water partition coefficient (Wildman–Crippen LogP) is -0.599. The van der Waals surface area contributed by atoms with Crippen LogP contribution in [0.5, 0.6) is 0 Å². The van der Waals surface area contributed by atoms with E-state index < -0.39 is 0 Å². The second-order valence-corrected chi connectivity index (χ2v) is 0. The van der Waals surface area contributed by atoms with E-state index in [1.54, 1.807) is 0 Å². The van der Waals surface area contributed by atoms with Gasteiger partial charge in [-0.15, -0.1) is 0 Å². The summed E-state index contributed by atoms with van der Waals surface area (Å²) in [5.74, 6) is 0. The topological polar surface area (TPSA) is 142 Å². The van der Waals surface area contributed by atoms with E-state index in [0.717, 1.165) is 0 Å². The molecular weight excluding hydrogens is 405 g/mol. The Morgan fingerprint density at radius 2 is 0.500 bits per heavy atom. The molecule has 0 atom stereocenters. The van der Waals surface area contributed by atoms with Crippen molar-refractivity contribution in [3.05, 3.63) is 0 Å². The van der Waals surface area contributed by atoms with Crippen molar-refractivity contribution in [2.24, 2.45) is 0 Å². The van der Waals surface area contributed by atoms with E-state index in [9.17, 15) is 0 Å². The van der Waals surface area contributed by atoms with E-state index in [-0.39, 0.29) is 123 Å². The molecule has 0 unspecified atom stereocenters. The maximum absolute atomic E-state index is 0. The summed E-state index contributed by atoms with van der Waals surface area (Å²) >= 11 is 0. The van der Waals surface area contributed by atoms with Crippen LogP contribution in [0.15, 0.2) is 0 Å². The first-order chi connectivity index (χ1) is 0. The van der Waals surface area contributed by atoms with Crippen molar-refractivity contribution in [2.75, 3.05) is 0 Å². The van der Waals surface area contributed by atoms with Crippen molar-refractivity contribution < 1.29 is 123 Å². The number of rotatable bonds is 0. The molecule has 0 aliphatic heterocycles. The van der Waals surface area contributed by atoms with Gasteiger partial charge in [-0.3, -0.25) is 0 Å². The Kier molecular flexibility index (Phi) is 1410. The molecule has 0 fully saturated rings. The molecule has 8 heteroatoms. The second-order valence-electron chi connectivity index (χ2n) is 0. The summed E-state index contributed by atoms with van der Waals surface area (Å²) in [5.41, 5.74) is 0. The molecular formula is CeMoO5Y. The minimum atomic E-state index is 0. The maximum Gasteiger partial charge on any atom is 4.00 e. The molecule has 0 aromatic rings. The Hall–Kier alpha value is 2.97. The number of hydrogen-bond donors (Lipinski definition) is 0. The number of hydrogen-bond acceptors (Lipinski definition) is 0. The average Bonchev–Trinajstić information content (AvgIpc) is 0. The van der Waals surface area contributed by atoms with Crippen LogP contribution in [0.4, 0.5) is 0 Å². The fourth-order valence-electron chi connectivity index (χ4n) is 0. The van der Waals surface area contributed by atoms with Gasteiger partial charge >= 0.3 is 95.5 Å². The van der Waals surface area contributed by atoms with Gasteiger partial charge in [0, 0.05) is 0 Å². The van der Waals surface area contributed by atoms with E-state index in [2.05, 4.69) is 0 Å². The van der Waals surface area contributed by atoms with Gasteiger partial charge in [-0.1, -0.05) is 0 Å². The van der Waals surface area contributed by atoms with Crippen LogP contribution in [-0.4, -0.2) is 0 Å². The molecule has 0 saturated carbocycles. The van der Waals surface area contributed by atoms with Crippen LogP contribution in [0.25, 0.3) is 0 Å². The molecule has 0 N–H and O–H groups in total. The van der Waals surface area contributed by atoms with E-state index in [0.29, 0.717) is 0 Å². The van der Waals surface area contributed by atoms with Crippen LogP contribution < -0.4 is 0 Å². The van der Waals surface area contributed by atoms with Gasteiger partial charge in [0.15, 0.2) is 0 Å². The third-order valence-electron chi connectivity index (χ3n) is 0. The van der Waals surface area contributed by atoms with Gasteiger partial charge in [0.25, 0.3) is 0 Å². The predicted molar refractivity (Wildman–Crippen MR) is 3.43 cm³/mol. The fraction of sp³-hybridized carbons (Fsp3) is 0. The Morgan fingerprint density at radius 1 is 0.500 bits per heavy atom. The Morgan fingerprint density at radius 3 is 0.500 bits per heavy atom. The van der Waals surface area contributed by atoms with Gasteiger partial charge in [0.2, 0.25) is 0 Å². The Bertz CT molecular complexity index is 12.4. The molecule has 0 aromatic heterocycles. The van der Waals surface area contributed by atoms with Crippen molar-refractivity contribution in [3.8, 4) is 0 Å². The summed E-state index contributed by atoms with van der Waals surface area (Å²) < 4.78 is 0. The van der Waals surface area contributed by atoms with E-state index in [1.165, 1.54) is 0 Å². The Labute approximate surface area is 120 Å². The monoisotopic (exact) mass is 407 g/mol. The molecule has 0 rings (SSSR count). The third-order valence-corrected chi connectivity index (χ3v) is 0. The molecule has 8 heavy (non-hydrogen) atoms. The zero-order valence-corrected chi connectivity index (χ0v) is 11.5. The zero-order valence-electron chi connectivity index (χ0n) is 3.53. The van der Waals surface area contributed by atoms with Crippen LogP contribution in [-0.2, 0) is 81.2 Å². The smallest absolute Gasteiger partial charge is 2.00 e. The van der Waals surface area contributed by atoms with Gasteiger partial charge in [-0.25, -0.2) is 0 Å². The molecule has 0 saturated heterocycles. The van der Waals surface area contributed by atoms with Crippen LogP contribution in [0.1, 0.15) is 0 Å². The van der Waals surface area contributed by atoms with Crippen LogP contribution in [0.3, 0.4) is 0 Å². The normalized spacial score (nSPS) is 0. The van der Waals surface area contributed by atoms with Crippen molar-refractivity contribution in [1.82, 2.24) is 0 Å². The van der Waals surface area contributed by atoms with Crippen molar-refractivity contribution in [3.63, 3.8) is 0 Å². The van der Waals surface area contributed by atoms with Gasteiger partial charge in [0.1, 0.15) is 0 Å². The van der Waals surface area contributed by atoms with Crippen LogP contribution in [0, 0.1) is 41.7 Å². The quantitative estimate of drug-likeness (QED) is 0.475. The van der Waals surface area contributed by atoms with E-state index in [1.807, 2.05) is 0 Å². The molecule has 0 amide bonds. The van der Waals surface area contributed by atoms with Crippen molar-refractivity contribution in [1.29, 1.82) is 0 Å². The molecule has 43 valence electrons. The molecule has 1 radical (unpaired) electrons. The maximum atomic E-state index is 0. The molecule has 0 aliphatic rings. The van der Waals surface area contributed by atoms with Crippen LogP contribution in [0.2, 0.25) is 0 Å². The second kappa shape index (κ2) is 91.0. The summed E-state index contributed by atoms with van der Waals surface area (Å²) in [4.78, 5) is 0. The fourth-order valence-corrected chi connectivity index (χ4v) is 0. The minimum absolute atomic E-state index is 0. The van der Waals surface area contributed by atoms with Gasteiger partial charge in [-0.05, 0) is 0 Å². The largest absolute Gasteiger partial charge is 4.00 e. The molecule has 0 bridgehead atoms. The molecule has 0 heterocycles. The summed E-state index contributed by atoms with van der Waals surface area (Å²) in [6.45, 7) is 0. The van der Waals surface area contributed by atoms with Gasteiger partial charge in [0.05, 0.1) is 0 Å². The van der Waals surface area contributed by atoms with Crippen LogP contribution >= 0.6 is 0 Å². The van der Waals surface area contributed by atoms with Crippen molar-refractivity contribution >= 4 is 0 Å². The zero-order chi connectivity index (χ0) is 0. The molecule has 0 aromatic carbocycles. The van der Waals surface area contributed by atoms with Crippen molar-refractivity contribution in [2.45, 2.75) is 0 Å². The first-order valence-electron chi connectivity index (χ1n) is 0. The third kappa shape index (κ3) is 64.6. The summed E-state index contributed by atoms with van der Waals surface area (Å²) in [6.07, 6.45) is 0. The SMILES string of the molecule is [Ce+3].[Mo+4].[O-2].[O-2].[O-2].[O-2].[O-2].[Y+3]. The first-order valence-corrected chi connectivity index (χ1v) is 0. The Balaban J connectivity index is 0. The molecule has 0 aliphatic carbocycles. The standard InChI is InChI=1S/Ce.Mo.5O.Y/q+3;+4;5*-2;+3.